The molecule has 1 saturated heterocycles. The van der Waals surface area contributed by atoms with Crippen molar-refractivity contribution in [1.29, 1.82) is 0 Å². The average Bonchev–Trinajstić information content (AvgIpc) is 2.23. The Hall–Kier alpha value is -1.42. The van der Waals surface area contributed by atoms with Gasteiger partial charge in [-0.3, -0.25) is 4.79 Å². The fourth-order valence-electron chi connectivity index (χ4n) is 1.81. The lowest BCUT2D eigenvalue weighted by molar-refractivity contribution is -0.120. The molecule has 2 rings (SSSR count). The van der Waals surface area contributed by atoms with Gasteiger partial charge in [-0.1, -0.05) is 12.1 Å². The molecule has 1 aliphatic rings. The minimum atomic E-state index is -0.488. The minimum absolute atomic E-state index is 0.189. The zero-order valence-corrected chi connectivity index (χ0v) is 8.32. The van der Waals surface area contributed by atoms with Gasteiger partial charge in [0.15, 0.2) is 0 Å². The highest BCUT2D eigenvalue weighted by Gasteiger charge is 2.27. The van der Waals surface area contributed by atoms with Gasteiger partial charge in [0.25, 0.3) is 0 Å². The third-order valence-electron chi connectivity index (χ3n) is 2.62. The summed E-state index contributed by atoms with van der Waals surface area (Å²) < 4.78 is 13.4. The summed E-state index contributed by atoms with van der Waals surface area (Å²) in [6, 6.07) is 5.78. The first-order valence-corrected chi connectivity index (χ1v) is 5.01. The molecule has 1 unspecified atom stereocenters. The quantitative estimate of drug-likeness (QED) is 0.755. The summed E-state index contributed by atoms with van der Waals surface area (Å²) in [7, 11) is 0. The minimum Gasteiger partial charge on any atom is -0.320 e. The van der Waals surface area contributed by atoms with Gasteiger partial charge in [-0.25, -0.2) is 4.39 Å². The van der Waals surface area contributed by atoms with Gasteiger partial charge in [0.2, 0.25) is 5.91 Å². The van der Waals surface area contributed by atoms with Crippen LogP contribution in [0.1, 0.15) is 12.8 Å². The van der Waals surface area contributed by atoms with Crippen molar-refractivity contribution in [2.24, 2.45) is 5.73 Å². The van der Waals surface area contributed by atoms with E-state index in [4.69, 9.17) is 5.73 Å². The lowest BCUT2D eigenvalue weighted by atomic mass is 10.0. The fraction of sp³-hybridized carbons (Fsp3) is 0.364. The van der Waals surface area contributed by atoms with Gasteiger partial charge in [0, 0.05) is 6.54 Å². The number of amides is 1. The van der Waals surface area contributed by atoms with Crippen LogP contribution in [0.5, 0.6) is 0 Å². The van der Waals surface area contributed by atoms with Crippen LogP contribution >= 0.6 is 0 Å². The molecule has 0 radical (unpaired) electrons. The summed E-state index contributed by atoms with van der Waals surface area (Å²) in [4.78, 5) is 13.1. The molecule has 1 aromatic carbocycles. The first kappa shape index (κ1) is 10.1. The molecule has 1 heterocycles. The number of nitrogens with zero attached hydrogens (tertiary/aromatic N) is 1. The van der Waals surface area contributed by atoms with E-state index in [2.05, 4.69) is 0 Å². The van der Waals surface area contributed by atoms with Crippen LogP contribution in [-0.2, 0) is 4.79 Å². The molecule has 0 bridgehead atoms. The number of halogens is 1. The number of carbonyl (C=O) groups excluding carboxylic acids is 1. The smallest absolute Gasteiger partial charge is 0.243 e. The Kier molecular flexibility index (Phi) is 2.68. The second-order valence-corrected chi connectivity index (χ2v) is 3.69. The van der Waals surface area contributed by atoms with Crippen LogP contribution in [0.4, 0.5) is 10.1 Å². The number of para-hydroxylation sites is 1. The summed E-state index contributed by atoms with van der Waals surface area (Å²) in [6.45, 7) is 0.549. The number of rotatable bonds is 1. The van der Waals surface area contributed by atoms with Crippen LogP contribution in [0.25, 0.3) is 0 Å². The number of nitrogens with two attached hydrogens (primary N) is 1. The number of carbonyl (C=O) groups is 1. The van der Waals surface area contributed by atoms with E-state index < -0.39 is 6.04 Å². The van der Waals surface area contributed by atoms with E-state index in [9.17, 15) is 9.18 Å². The molecule has 3 nitrogen and oxygen atoms in total. The molecular formula is C11H13FN2O. The first-order chi connectivity index (χ1) is 7.20. The molecule has 0 aromatic heterocycles. The van der Waals surface area contributed by atoms with Crippen LogP contribution in [0.2, 0.25) is 0 Å². The Labute approximate surface area is 87.7 Å². The number of hydrogen-bond acceptors (Lipinski definition) is 2. The van der Waals surface area contributed by atoms with Crippen LogP contribution in [-0.4, -0.2) is 18.5 Å². The monoisotopic (exact) mass is 208 g/mol. The average molecular weight is 208 g/mol. The Bertz CT molecular complexity index is 381. The maximum Gasteiger partial charge on any atom is 0.243 e. The number of benzene rings is 1. The highest BCUT2D eigenvalue weighted by molar-refractivity contribution is 5.97. The van der Waals surface area contributed by atoms with E-state index >= 15 is 0 Å². The molecule has 15 heavy (non-hydrogen) atoms. The summed E-state index contributed by atoms with van der Waals surface area (Å²) in [5.74, 6) is -0.564. The summed E-state index contributed by atoms with van der Waals surface area (Å²) in [5, 5.41) is 0. The topological polar surface area (TPSA) is 46.3 Å². The number of hydrogen-bond donors (Lipinski definition) is 1. The zero-order valence-electron chi connectivity index (χ0n) is 8.32. The third kappa shape index (κ3) is 1.85. The van der Waals surface area contributed by atoms with Crippen molar-refractivity contribution in [3.05, 3.63) is 30.1 Å². The van der Waals surface area contributed by atoms with Crippen molar-refractivity contribution < 1.29 is 9.18 Å². The lowest BCUT2D eigenvalue weighted by Gasteiger charge is -2.30. The van der Waals surface area contributed by atoms with E-state index in [0.29, 0.717) is 18.7 Å². The van der Waals surface area contributed by atoms with Crippen molar-refractivity contribution in [2.45, 2.75) is 18.9 Å². The third-order valence-corrected chi connectivity index (χ3v) is 2.62. The van der Waals surface area contributed by atoms with Gasteiger partial charge in [0.1, 0.15) is 5.82 Å². The van der Waals surface area contributed by atoms with Crippen molar-refractivity contribution in [2.75, 3.05) is 11.4 Å². The van der Waals surface area contributed by atoms with E-state index in [-0.39, 0.29) is 11.7 Å². The van der Waals surface area contributed by atoms with Gasteiger partial charge in [-0.15, -0.1) is 0 Å². The maximum atomic E-state index is 13.4. The highest BCUT2D eigenvalue weighted by Crippen LogP contribution is 2.22. The van der Waals surface area contributed by atoms with Gasteiger partial charge >= 0.3 is 0 Å². The normalized spacial score (nSPS) is 21.9. The van der Waals surface area contributed by atoms with E-state index in [1.54, 1.807) is 18.2 Å². The molecule has 0 spiro atoms. The molecule has 80 valence electrons. The van der Waals surface area contributed by atoms with Crippen molar-refractivity contribution in [1.82, 2.24) is 0 Å². The molecule has 1 aromatic rings. The first-order valence-electron chi connectivity index (χ1n) is 5.01. The van der Waals surface area contributed by atoms with Crippen LogP contribution in [0.15, 0.2) is 24.3 Å². The molecule has 4 heteroatoms. The Morgan fingerprint density at radius 1 is 1.40 bits per heavy atom. The molecular weight excluding hydrogens is 195 g/mol. The summed E-state index contributed by atoms with van der Waals surface area (Å²) >= 11 is 0. The van der Waals surface area contributed by atoms with E-state index in [1.165, 1.54) is 11.0 Å². The number of anilines is 1. The Morgan fingerprint density at radius 2 is 2.13 bits per heavy atom. The predicted molar refractivity (Wildman–Crippen MR) is 56.0 cm³/mol. The summed E-state index contributed by atoms with van der Waals surface area (Å²) in [6.07, 6.45) is 1.50. The van der Waals surface area contributed by atoms with Gasteiger partial charge < -0.3 is 10.6 Å². The Morgan fingerprint density at radius 3 is 2.87 bits per heavy atom. The number of piperidine rings is 1. The standard InChI is InChI=1S/C11H13FN2O/c12-8-4-1-2-6-10(8)14-7-3-5-9(13)11(14)15/h1-2,4,6,9H,3,5,7,13H2. The highest BCUT2D eigenvalue weighted by atomic mass is 19.1. The van der Waals surface area contributed by atoms with Gasteiger partial charge in [-0.2, -0.15) is 0 Å². The van der Waals surface area contributed by atoms with Crippen LogP contribution in [0.3, 0.4) is 0 Å². The SMILES string of the molecule is NC1CCCN(c2ccccc2F)C1=O. The fourth-order valence-corrected chi connectivity index (χ4v) is 1.81. The molecule has 0 saturated carbocycles. The van der Waals surface area contributed by atoms with Gasteiger partial charge in [-0.05, 0) is 25.0 Å². The largest absolute Gasteiger partial charge is 0.320 e. The maximum absolute atomic E-state index is 13.4. The van der Waals surface area contributed by atoms with Crippen molar-refractivity contribution in [3.8, 4) is 0 Å². The molecule has 0 aliphatic carbocycles. The van der Waals surface area contributed by atoms with Gasteiger partial charge in [0.05, 0.1) is 11.7 Å². The second-order valence-electron chi connectivity index (χ2n) is 3.69. The molecule has 2 N–H and O–H groups in total. The van der Waals surface area contributed by atoms with E-state index in [0.717, 1.165) is 6.42 Å². The second kappa shape index (κ2) is 3.98. The molecule has 1 fully saturated rings. The van der Waals surface area contributed by atoms with E-state index in [1.807, 2.05) is 0 Å². The van der Waals surface area contributed by atoms with Crippen molar-refractivity contribution in [3.63, 3.8) is 0 Å². The van der Waals surface area contributed by atoms with Crippen molar-refractivity contribution >= 4 is 11.6 Å². The molecule has 1 atom stereocenters. The molecule has 1 aliphatic heterocycles. The summed E-state index contributed by atoms with van der Waals surface area (Å²) in [5.41, 5.74) is 5.97. The predicted octanol–water partition coefficient (Wildman–Crippen LogP) is 1.28. The Balaban J connectivity index is 2.30. The zero-order chi connectivity index (χ0) is 10.8. The lowest BCUT2D eigenvalue weighted by Crippen LogP contribution is -2.48. The van der Waals surface area contributed by atoms with Crippen LogP contribution in [0, 0.1) is 5.82 Å². The van der Waals surface area contributed by atoms with Crippen LogP contribution < -0.4 is 10.6 Å². The molecule has 1 amide bonds.